The molecule has 1 unspecified atom stereocenters. The SMILES string of the molecule is O.Oc1ccc(CC2NCCC3=C2CCCC3)cc1. The first-order valence-electron chi connectivity index (χ1n) is 7.05. The van der Waals surface area contributed by atoms with Crippen LogP contribution in [0.3, 0.4) is 0 Å². The van der Waals surface area contributed by atoms with Gasteiger partial charge in [-0.25, -0.2) is 0 Å². The fraction of sp³-hybridized carbons (Fsp3) is 0.500. The van der Waals surface area contributed by atoms with Crippen molar-refractivity contribution in [2.24, 2.45) is 0 Å². The minimum absolute atomic E-state index is 0. The van der Waals surface area contributed by atoms with Gasteiger partial charge in [0.25, 0.3) is 0 Å². The third kappa shape index (κ3) is 3.17. The molecule has 3 rings (SSSR count). The van der Waals surface area contributed by atoms with Crippen LogP contribution < -0.4 is 5.32 Å². The first-order valence-corrected chi connectivity index (χ1v) is 7.05. The molecule has 2 aliphatic rings. The van der Waals surface area contributed by atoms with Gasteiger partial charge in [0.2, 0.25) is 0 Å². The third-order valence-corrected chi connectivity index (χ3v) is 4.24. The van der Waals surface area contributed by atoms with Crippen molar-refractivity contribution in [3.63, 3.8) is 0 Å². The van der Waals surface area contributed by atoms with Crippen LogP contribution in [0.25, 0.3) is 0 Å². The Morgan fingerprint density at radius 2 is 1.79 bits per heavy atom. The Hall–Kier alpha value is -1.32. The smallest absolute Gasteiger partial charge is 0.115 e. The number of rotatable bonds is 2. The van der Waals surface area contributed by atoms with Gasteiger partial charge in [-0.3, -0.25) is 0 Å². The van der Waals surface area contributed by atoms with Crippen molar-refractivity contribution in [3.8, 4) is 5.75 Å². The van der Waals surface area contributed by atoms with Crippen molar-refractivity contribution in [3.05, 3.63) is 41.0 Å². The molecule has 0 bridgehead atoms. The van der Waals surface area contributed by atoms with Gasteiger partial charge in [-0.15, -0.1) is 0 Å². The van der Waals surface area contributed by atoms with E-state index in [0.29, 0.717) is 11.8 Å². The summed E-state index contributed by atoms with van der Waals surface area (Å²) in [5, 5.41) is 13.0. The average Bonchev–Trinajstić information content (AvgIpc) is 2.42. The van der Waals surface area contributed by atoms with E-state index in [1.165, 1.54) is 37.7 Å². The van der Waals surface area contributed by atoms with Crippen LogP contribution in [0.15, 0.2) is 35.4 Å². The van der Waals surface area contributed by atoms with Crippen LogP contribution in [0.4, 0.5) is 0 Å². The van der Waals surface area contributed by atoms with Gasteiger partial charge in [0.05, 0.1) is 0 Å². The summed E-state index contributed by atoms with van der Waals surface area (Å²) in [7, 11) is 0. The maximum atomic E-state index is 9.32. The van der Waals surface area contributed by atoms with Gasteiger partial charge in [0, 0.05) is 6.04 Å². The second-order valence-electron chi connectivity index (χ2n) is 5.46. The predicted molar refractivity (Wildman–Crippen MR) is 77.3 cm³/mol. The molecule has 19 heavy (non-hydrogen) atoms. The lowest BCUT2D eigenvalue weighted by atomic mass is 9.81. The van der Waals surface area contributed by atoms with E-state index >= 15 is 0 Å². The highest BCUT2D eigenvalue weighted by Crippen LogP contribution is 2.32. The van der Waals surface area contributed by atoms with Gasteiger partial charge in [0.15, 0.2) is 0 Å². The molecule has 1 aromatic carbocycles. The van der Waals surface area contributed by atoms with Crippen LogP contribution in [0.1, 0.15) is 37.7 Å². The van der Waals surface area contributed by atoms with Crippen LogP contribution in [0, 0.1) is 0 Å². The molecular formula is C16H23NO2. The molecule has 104 valence electrons. The molecular weight excluding hydrogens is 238 g/mol. The molecule has 1 aliphatic heterocycles. The summed E-state index contributed by atoms with van der Waals surface area (Å²) in [5.74, 6) is 0.355. The molecule has 4 N–H and O–H groups in total. The first kappa shape index (κ1) is 14.1. The Kier molecular flexibility index (Phi) is 4.61. The quantitative estimate of drug-likeness (QED) is 0.803. The largest absolute Gasteiger partial charge is 0.508 e. The van der Waals surface area contributed by atoms with Crippen LogP contribution in [-0.2, 0) is 6.42 Å². The minimum atomic E-state index is 0. The Bertz CT molecular complexity index is 446. The molecule has 1 atom stereocenters. The summed E-state index contributed by atoms with van der Waals surface area (Å²) < 4.78 is 0. The summed E-state index contributed by atoms with van der Waals surface area (Å²) >= 11 is 0. The van der Waals surface area contributed by atoms with Crippen molar-refractivity contribution in [2.45, 2.75) is 44.6 Å². The summed E-state index contributed by atoms with van der Waals surface area (Å²) in [6.45, 7) is 1.13. The zero-order valence-corrected chi connectivity index (χ0v) is 11.3. The highest BCUT2D eigenvalue weighted by Gasteiger charge is 2.24. The van der Waals surface area contributed by atoms with Crippen molar-refractivity contribution in [2.75, 3.05) is 6.54 Å². The number of benzene rings is 1. The van der Waals surface area contributed by atoms with Gasteiger partial charge in [-0.05, 0) is 62.8 Å². The second kappa shape index (κ2) is 6.22. The normalized spacial score (nSPS) is 22.6. The van der Waals surface area contributed by atoms with E-state index in [1.807, 2.05) is 12.1 Å². The molecule has 1 aliphatic carbocycles. The van der Waals surface area contributed by atoms with Crippen LogP contribution in [-0.4, -0.2) is 23.2 Å². The summed E-state index contributed by atoms with van der Waals surface area (Å²) in [4.78, 5) is 0. The zero-order valence-electron chi connectivity index (χ0n) is 11.3. The molecule has 3 heteroatoms. The Morgan fingerprint density at radius 1 is 1.05 bits per heavy atom. The van der Waals surface area contributed by atoms with Crippen molar-refractivity contribution in [1.29, 1.82) is 0 Å². The molecule has 1 aromatic rings. The fourth-order valence-corrected chi connectivity index (χ4v) is 3.28. The lowest BCUT2D eigenvalue weighted by molar-refractivity contribution is 0.470. The first-order chi connectivity index (χ1) is 8.83. The van der Waals surface area contributed by atoms with Crippen molar-refractivity contribution < 1.29 is 10.6 Å². The standard InChI is InChI=1S/C16H21NO.H2O/c18-14-7-5-12(6-8-14)11-16-15-4-2-1-3-13(15)9-10-17-16;/h5-8,16-18H,1-4,9-11H2;1H2. The highest BCUT2D eigenvalue weighted by atomic mass is 16.3. The molecule has 0 aromatic heterocycles. The molecule has 0 saturated carbocycles. The van der Waals surface area contributed by atoms with Gasteiger partial charge < -0.3 is 15.9 Å². The predicted octanol–water partition coefficient (Wildman–Crippen LogP) is 2.34. The molecule has 0 saturated heterocycles. The van der Waals surface area contributed by atoms with E-state index in [2.05, 4.69) is 5.32 Å². The number of aromatic hydroxyl groups is 1. The maximum Gasteiger partial charge on any atom is 0.115 e. The number of hydrogen-bond donors (Lipinski definition) is 2. The molecule has 0 fully saturated rings. The number of phenols is 1. The van der Waals surface area contributed by atoms with E-state index < -0.39 is 0 Å². The topological polar surface area (TPSA) is 63.8 Å². The van der Waals surface area contributed by atoms with Crippen LogP contribution in [0.5, 0.6) is 5.75 Å². The molecule has 1 heterocycles. The minimum Gasteiger partial charge on any atom is -0.508 e. The summed E-state index contributed by atoms with van der Waals surface area (Å²) in [5.41, 5.74) is 4.72. The van der Waals surface area contributed by atoms with Crippen molar-refractivity contribution >= 4 is 0 Å². The average molecular weight is 261 g/mol. The maximum absolute atomic E-state index is 9.32. The van der Waals surface area contributed by atoms with E-state index in [4.69, 9.17) is 0 Å². The van der Waals surface area contributed by atoms with E-state index in [1.54, 1.807) is 23.3 Å². The van der Waals surface area contributed by atoms with E-state index in [-0.39, 0.29) is 5.48 Å². The highest BCUT2D eigenvalue weighted by molar-refractivity contribution is 5.31. The lowest BCUT2D eigenvalue weighted by Gasteiger charge is -2.33. The Labute approximate surface area is 114 Å². The molecule has 0 spiro atoms. The van der Waals surface area contributed by atoms with Crippen molar-refractivity contribution in [1.82, 2.24) is 5.32 Å². The van der Waals surface area contributed by atoms with E-state index in [9.17, 15) is 5.11 Å². The zero-order chi connectivity index (χ0) is 12.4. The third-order valence-electron chi connectivity index (χ3n) is 4.24. The summed E-state index contributed by atoms with van der Waals surface area (Å²) in [6, 6.07) is 8.17. The number of hydrogen-bond acceptors (Lipinski definition) is 2. The van der Waals surface area contributed by atoms with Gasteiger partial charge >= 0.3 is 0 Å². The molecule has 0 amide bonds. The van der Waals surface area contributed by atoms with Crippen LogP contribution >= 0.6 is 0 Å². The summed E-state index contributed by atoms with van der Waals surface area (Å²) in [6.07, 6.45) is 7.64. The second-order valence-corrected chi connectivity index (χ2v) is 5.46. The Morgan fingerprint density at radius 3 is 2.58 bits per heavy atom. The lowest BCUT2D eigenvalue weighted by Crippen LogP contribution is -2.39. The van der Waals surface area contributed by atoms with Gasteiger partial charge in [-0.1, -0.05) is 23.3 Å². The van der Waals surface area contributed by atoms with Gasteiger partial charge in [-0.2, -0.15) is 0 Å². The Balaban J connectivity index is 0.00000133. The monoisotopic (exact) mass is 261 g/mol. The number of nitrogens with one attached hydrogen (secondary N) is 1. The molecule has 3 nitrogen and oxygen atoms in total. The number of phenolic OH excluding ortho intramolecular Hbond substituents is 1. The molecule has 0 radical (unpaired) electrons. The fourth-order valence-electron chi connectivity index (χ4n) is 3.28. The van der Waals surface area contributed by atoms with E-state index in [0.717, 1.165) is 13.0 Å². The van der Waals surface area contributed by atoms with Gasteiger partial charge in [0.1, 0.15) is 5.75 Å². The van der Waals surface area contributed by atoms with Crippen LogP contribution in [0.2, 0.25) is 0 Å².